The molecule has 0 N–H and O–H groups in total. The molecule has 0 aromatic carbocycles. The van der Waals surface area contributed by atoms with E-state index in [1.807, 2.05) is 29.3 Å². The Morgan fingerprint density at radius 1 is 1.32 bits per heavy atom. The highest BCUT2D eigenvalue weighted by Gasteiger charge is 2.32. The molecule has 4 heterocycles. The summed E-state index contributed by atoms with van der Waals surface area (Å²) >= 11 is 1.66. The normalized spacial score (nSPS) is 24.4. The van der Waals surface area contributed by atoms with Crippen LogP contribution in [0.25, 0.3) is 10.6 Å². The molecule has 2 fully saturated rings. The Hall–Kier alpha value is -1.80. The number of hydrogen-bond donors (Lipinski definition) is 0. The highest BCUT2D eigenvalue weighted by atomic mass is 32.2. The lowest BCUT2D eigenvalue weighted by Gasteiger charge is -2.32. The Morgan fingerprint density at radius 2 is 2.18 bits per heavy atom. The largest absolute Gasteiger partial charge is 0.342 e. The quantitative estimate of drug-likeness (QED) is 0.761. The van der Waals surface area contributed by atoms with Crippen LogP contribution in [0.5, 0.6) is 0 Å². The number of rotatable bonds is 4. The molecule has 2 aliphatic heterocycles. The Morgan fingerprint density at radius 3 is 2.89 bits per heavy atom. The molecule has 2 aliphatic rings. The van der Waals surface area contributed by atoms with Gasteiger partial charge in [-0.2, -0.15) is 0 Å². The zero-order chi connectivity index (χ0) is 19.7. The third-order valence-electron chi connectivity index (χ3n) is 5.57. The van der Waals surface area contributed by atoms with Gasteiger partial charge in [0, 0.05) is 31.1 Å². The van der Waals surface area contributed by atoms with E-state index < -0.39 is 9.84 Å². The Balaban J connectivity index is 1.46. The van der Waals surface area contributed by atoms with Crippen molar-refractivity contribution in [1.29, 1.82) is 0 Å². The van der Waals surface area contributed by atoms with Gasteiger partial charge in [0.15, 0.2) is 9.84 Å². The number of likely N-dealkylation sites (tertiary alicyclic amines) is 1. The number of carbonyl (C=O) groups excluding carboxylic acids is 1. The van der Waals surface area contributed by atoms with Gasteiger partial charge in [0.05, 0.1) is 22.1 Å². The van der Waals surface area contributed by atoms with Crippen molar-refractivity contribution < 1.29 is 13.2 Å². The van der Waals surface area contributed by atoms with Crippen LogP contribution >= 0.6 is 11.3 Å². The van der Waals surface area contributed by atoms with E-state index in [9.17, 15) is 13.2 Å². The van der Waals surface area contributed by atoms with Crippen LogP contribution in [0.1, 0.15) is 43.1 Å². The van der Waals surface area contributed by atoms with E-state index in [2.05, 4.69) is 11.1 Å². The molecular weight excluding hydrogens is 394 g/mol. The van der Waals surface area contributed by atoms with Crippen LogP contribution in [0.4, 0.5) is 0 Å². The van der Waals surface area contributed by atoms with Gasteiger partial charge in [-0.05, 0) is 49.6 Å². The van der Waals surface area contributed by atoms with Gasteiger partial charge >= 0.3 is 0 Å². The van der Waals surface area contributed by atoms with E-state index in [1.54, 1.807) is 11.3 Å². The molecule has 2 saturated heterocycles. The van der Waals surface area contributed by atoms with Crippen molar-refractivity contribution in [2.75, 3.05) is 24.6 Å². The van der Waals surface area contributed by atoms with Crippen molar-refractivity contribution >= 4 is 27.1 Å². The van der Waals surface area contributed by atoms with Crippen molar-refractivity contribution in [2.45, 2.75) is 38.5 Å². The molecule has 0 bridgehead atoms. The van der Waals surface area contributed by atoms with Crippen LogP contribution < -0.4 is 0 Å². The van der Waals surface area contributed by atoms with Crippen molar-refractivity contribution in [3.05, 3.63) is 35.1 Å². The van der Waals surface area contributed by atoms with E-state index in [0.29, 0.717) is 19.4 Å². The second-order valence-corrected chi connectivity index (χ2v) is 11.1. The SMILES string of the molecule is Cc1cc(-c2cccs2)nc([C@H]2CCCN(C(=O)C[C@H]3CCS(=O)(=O)C3)C2)n1. The van der Waals surface area contributed by atoms with Crippen LogP contribution in [0, 0.1) is 12.8 Å². The van der Waals surface area contributed by atoms with Crippen LogP contribution in [0.3, 0.4) is 0 Å². The maximum Gasteiger partial charge on any atom is 0.222 e. The van der Waals surface area contributed by atoms with Crippen molar-refractivity contribution in [3.63, 3.8) is 0 Å². The monoisotopic (exact) mass is 419 g/mol. The number of piperidine rings is 1. The van der Waals surface area contributed by atoms with Crippen LogP contribution in [-0.2, 0) is 14.6 Å². The molecule has 2 aromatic rings. The number of aryl methyl sites for hydroxylation is 1. The highest BCUT2D eigenvalue weighted by molar-refractivity contribution is 7.91. The standard InChI is InChI=1S/C20H25N3O3S2/c1-14-10-17(18-5-3-8-27-18)22-20(21-14)16-4-2-7-23(12-16)19(24)11-15-6-9-28(25,26)13-15/h3,5,8,10,15-16H,2,4,6-7,9,11-13H2,1H3/t15-,16+/m1/s1. The number of thiophene rings is 1. The maximum absolute atomic E-state index is 12.8. The topological polar surface area (TPSA) is 80.2 Å². The first-order chi connectivity index (χ1) is 13.4. The van der Waals surface area contributed by atoms with Gasteiger partial charge in [-0.1, -0.05) is 6.07 Å². The summed E-state index contributed by atoms with van der Waals surface area (Å²) in [6.07, 6.45) is 2.83. The number of amides is 1. The summed E-state index contributed by atoms with van der Waals surface area (Å²) in [7, 11) is -2.95. The summed E-state index contributed by atoms with van der Waals surface area (Å²) < 4.78 is 23.3. The fraction of sp³-hybridized carbons (Fsp3) is 0.550. The fourth-order valence-corrected chi connectivity index (χ4v) is 6.70. The third-order valence-corrected chi connectivity index (χ3v) is 8.30. The second-order valence-electron chi connectivity index (χ2n) is 7.88. The van der Waals surface area contributed by atoms with Crippen molar-refractivity contribution in [3.8, 4) is 10.6 Å². The molecule has 150 valence electrons. The molecule has 28 heavy (non-hydrogen) atoms. The van der Waals surface area contributed by atoms with Gasteiger partial charge < -0.3 is 4.90 Å². The maximum atomic E-state index is 12.8. The molecule has 1 amide bonds. The fourth-order valence-electron chi connectivity index (χ4n) is 4.15. The minimum atomic E-state index is -2.95. The summed E-state index contributed by atoms with van der Waals surface area (Å²) in [4.78, 5) is 25.2. The highest BCUT2D eigenvalue weighted by Crippen LogP contribution is 2.30. The van der Waals surface area contributed by atoms with Gasteiger partial charge in [-0.25, -0.2) is 18.4 Å². The predicted molar refractivity (Wildman–Crippen MR) is 110 cm³/mol. The smallest absolute Gasteiger partial charge is 0.222 e. The molecule has 4 rings (SSSR count). The van der Waals surface area contributed by atoms with Crippen LogP contribution in [0.15, 0.2) is 23.6 Å². The Labute approximate surface area is 169 Å². The van der Waals surface area contributed by atoms with Gasteiger partial charge in [-0.15, -0.1) is 11.3 Å². The average Bonchev–Trinajstić information content (AvgIpc) is 3.31. The number of carbonyl (C=O) groups is 1. The molecule has 0 spiro atoms. The van der Waals surface area contributed by atoms with E-state index in [1.165, 1.54) is 0 Å². The molecule has 6 nitrogen and oxygen atoms in total. The van der Waals surface area contributed by atoms with Crippen molar-refractivity contribution in [2.24, 2.45) is 5.92 Å². The molecule has 0 saturated carbocycles. The molecule has 0 aliphatic carbocycles. The Bertz CT molecular complexity index is 957. The lowest BCUT2D eigenvalue weighted by Crippen LogP contribution is -2.40. The summed E-state index contributed by atoms with van der Waals surface area (Å²) in [6.45, 7) is 3.33. The van der Waals surface area contributed by atoms with Gasteiger partial charge in [-0.3, -0.25) is 4.79 Å². The lowest BCUT2D eigenvalue weighted by atomic mass is 9.95. The van der Waals surface area contributed by atoms with Gasteiger partial charge in [0.25, 0.3) is 0 Å². The van der Waals surface area contributed by atoms with Crippen molar-refractivity contribution in [1.82, 2.24) is 14.9 Å². The van der Waals surface area contributed by atoms with E-state index in [0.717, 1.165) is 41.5 Å². The number of hydrogen-bond acceptors (Lipinski definition) is 6. The molecule has 0 unspecified atom stereocenters. The lowest BCUT2D eigenvalue weighted by molar-refractivity contribution is -0.133. The number of aromatic nitrogens is 2. The van der Waals surface area contributed by atoms with Gasteiger partial charge in [0.1, 0.15) is 5.82 Å². The molecular formula is C20H25N3O3S2. The summed E-state index contributed by atoms with van der Waals surface area (Å²) in [5, 5.41) is 2.04. The third kappa shape index (κ3) is 4.43. The van der Waals surface area contributed by atoms with E-state index >= 15 is 0 Å². The summed E-state index contributed by atoms with van der Waals surface area (Å²) in [5.41, 5.74) is 1.88. The van der Waals surface area contributed by atoms with Crippen LogP contribution in [-0.4, -0.2) is 53.8 Å². The molecule has 2 aromatic heterocycles. The predicted octanol–water partition coefficient (Wildman–Crippen LogP) is 3.04. The molecule has 0 radical (unpaired) electrons. The Kier molecular flexibility index (Phi) is 5.51. The number of sulfone groups is 1. The summed E-state index contributed by atoms with van der Waals surface area (Å²) in [6, 6.07) is 6.07. The van der Waals surface area contributed by atoms with E-state index in [-0.39, 0.29) is 29.2 Å². The zero-order valence-electron chi connectivity index (χ0n) is 16.0. The van der Waals surface area contributed by atoms with Gasteiger partial charge in [0.2, 0.25) is 5.91 Å². The average molecular weight is 420 g/mol. The first kappa shape index (κ1) is 19.5. The number of nitrogens with zero attached hydrogens (tertiary/aromatic N) is 3. The summed E-state index contributed by atoms with van der Waals surface area (Å²) in [5.74, 6) is 1.35. The first-order valence-electron chi connectivity index (χ1n) is 9.77. The van der Waals surface area contributed by atoms with Crippen LogP contribution in [0.2, 0.25) is 0 Å². The van der Waals surface area contributed by atoms with E-state index in [4.69, 9.17) is 4.98 Å². The minimum absolute atomic E-state index is 0.0291. The molecule has 2 atom stereocenters. The zero-order valence-corrected chi connectivity index (χ0v) is 17.6. The minimum Gasteiger partial charge on any atom is -0.342 e. The second kappa shape index (κ2) is 7.91. The first-order valence-corrected chi connectivity index (χ1v) is 12.5. The molecule has 8 heteroatoms.